The van der Waals surface area contributed by atoms with Crippen LogP contribution in [-0.2, 0) is 15.1 Å². The first-order valence-corrected chi connectivity index (χ1v) is 9.75. The molecule has 0 aliphatic carbocycles. The van der Waals surface area contributed by atoms with E-state index in [4.69, 9.17) is 21.1 Å². The Labute approximate surface area is 169 Å². The average Bonchev–Trinajstić information content (AvgIpc) is 2.94. The maximum Gasteiger partial charge on any atom is 0.339 e. The van der Waals surface area contributed by atoms with Gasteiger partial charge in [0.1, 0.15) is 5.75 Å². The molecule has 1 unspecified atom stereocenters. The van der Waals surface area contributed by atoms with Crippen LogP contribution in [0.1, 0.15) is 42.6 Å². The van der Waals surface area contributed by atoms with Crippen LogP contribution in [0.25, 0.3) is 0 Å². The van der Waals surface area contributed by atoms with Crippen LogP contribution in [-0.4, -0.2) is 35.5 Å². The summed E-state index contributed by atoms with van der Waals surface area (Å²) in [6, 6.07) is 14.4. The van der Waals surface area contributed by atoms with E-state index in [1.54, 1.807) is 49.1 Å². The third-order valence-corrected chi connectivity index (χ3v) is 5.62. The minimum Gasteiger partial charge on any atom is -0.478 e. The quantitative estimate of drug-likeness (QED) is 0.726. The molecule has 2 aliphatic rings. The normalized spacial score (nSPS) is 21.4. The van der Waals surface area contributed by atoms with Crippen molar-refractivity contribution in [2.45, 2.75) is 37.9 Å². The molecule has 6 heteroatoms. The zero-order valence-electron chi connectivity index (χ0n) is 15.9. The van der Waals surface area contributed by atoms with Gasteiger partial charge in [0.25, 0.3) is 5.91 Å². The van der Waals surface area contributed by atoms with E-state index in [1.165, 1.54) is 0 Å². The molecule has 28 heavy (non-hydrogen) atoms. The van der Waals surface area contributed by atoms with Crippen molar-refractivity contribution in [3.8, 4) is 5.75 Å². The van der Waals surface area contributed by atoms with E-state index in [0.717, 1.165) is 12.0 Å². The maximum absolute atomic E-state index is 13.3. The van der Waals surface area contributed by atoms with Crippen molar-refractivity contribution in [1.29, 1.82) is 0 Å². The van der Waals surface area contributed by atoms with E-state index >= 15 is 0 Å². The molecule has 1 fully saturated rings. The lowest BCUT2D eigenvalue weighted by Gasteiger charge is -2.42. The summed E-state index contributed by atoms with van der Waals surface area (Å²) in [6.45, 7) is 4.44. The first kappa shape index (κ1) is 18.8. The first-order chi connectivity index (χ1) is 13.3. The average molecular weight is 400 g/mol. The molecule has 2 aliphatic heterocycles. The number of halogens is 1. The van der Waals surface area contributed by atoms with Crippen LogP contribution >= 0.6 is 11.6 Å². The number of ether oxygens (including phenoxy) is 2. The predicted octanol–water partition coefficient (Wildman–Crippen LogP) is 4.19. The van der Waals surface area contributed by atoms with Gasteiger partial charge in [-0.1, -0.05) is 29.8 Å². The summed E-state index contributed by atoms with van der Waals surface area (Å²) in [4.78, 5) is 27.3. The van der Waals surface area contributed by atoms with Gasteiger partial charge in [-0.2, -0.15) is 0 Å². The highest BCUT2D eigenvalue weighted by molar-refractivity contribution is 6.30. The van der Waals surface area contributed by atoms with Crippen LogP contribution in [0.2, 0.25) is 5.02 Å². The van der Waals surface area contributed by atoms with Crippen LogP contribution in [0, 0.1) is 0 Å². The van der Waals surface area contributed by atoms with Crippen molar-refractivity contribution < 1.29 is 19.1 Å². The molecular weight excluding hydrogens is 378 g/mol. The lowest BCUT2D eigenvalue weighted by Crippen LogP contribution is -2.55. The maximum atomic E-state index is 13.3. The van der Waals surface area contributed by atoms with Crippen molar-refractivity contribution >= 4 is 23.5 Å². The summed E-state index contributed by atoms with van der Waals surface area (Å²) >= 11 is 5.92. The van der Waals surface area contributed by atoms with Crippen LogP contribution in [0.3, 0.4) is 0 Å². The number of benzene rings is 2. The van der Waals surface area contributed by atoms with Crippen molar-refractivity contribution in [3.05, 3.63) is 64.7 Å². The molecule has 1 spiro atoms. The lowest BCUT2D eigenvalue weighted by molar-refractivity contribution is -0.152. The van der Waals surface area contributed by atoms with E-state index in [2.05, 4.69) is 0 Å². The Kier molecular flexibility index (Phi) is 4.58. The third-order valence-electron chi connectivity index (χ3n) is 5.37. The molecule has 2 heterocycles. The fraction of sp³-hybridized carbons (Fsp3) is 0.364. The molecule has 0 radical (unpaired) electrons. The first-order valence-electron chi connectivity index (χ1n) is 9.38. The van der Waals surface area contributed by atoms with Gasteiger partial charge in [0, 0.05) is 17.1 Å². The number of rotatable bonds is 3. The number of piperidine rings is 1. The molecule has 0 N–H and O–H groups in total. The molecule has 2 aromatic rings. The topological polar surface area (TPSA) is 55.8 Å². The summed E-state index contributed by atoms with van der Waals surface area (Å²) in [7, 11) is 0. The van der Waals surface area contributed by atoms with Gasteiger partial charge in [-0.25, -0.2) is 4.79 Å². The number of nitrogens with zero attached hydrogens (tertiary/aromatic N) is 1. The van der Waals surface area contributed by atoms with Crippen molar-refractivity contribution in [2.75, 3.05) is 13.1 Å². The summed E-state index contributed by atoms with van der Waals surface area (Å²) in [5.74, 6) is 0.121. The number of carbonyl (C=O) groups is 2. The molecular formula is C22H22ClNO4. The molecule has 0 saturated carbocycles. The number of hydrogen-bond acceptors (Lipinski definition) is 4. The number of hydrogen-bond donors (Lipinski definition) is 0. The summed E-state index contributed by atoms with van der Waals surface area (Å²) in [5.41, 5.74) is -0.366. The Hall–Kier alpha value is -2.53. The highest BCUT2D eigenvalue weighted by Crippen LogP contribution is 2.43. The number of esters is 1. The lowest BCUT2D eigenvalue weighted by atomic mass is 9.84. The smallest absolute Gasteiger partial charge is 0.339 e. The highest BCUT2D eigenvalue weighted by atomic mass is 35.5. The third kappa shape index (κ3) is 3.24. The highest BCUT2D eigenvalue weighted by Gasteiger charge is 2.50. The second kappa shape index (κ2) is 6.82. The monoisotopic (exact) mass is 399 g/mol. The minimum atomic E-state index is -1.06. The van der Waals surface area contributed by atoms with Gasteiger partial charge in [-0.05, 0) is 57.0 Å². The molecule has 0 aromatic heterocycles. The molecule has 5 nitrogen and oxygen atoms in total. The zero-order valence-corrected chi connectivity index (χ0v) is 16.7. The van der Waals surface area contributed by atoms with E-state index in [9.17, 15) is 9.59 Å². The van der Waals surface area contributed by atoms with Gasteiger partial charge in [0.05, 0.1) is 12.1 Å². The van der Waals surface area contributed by atoms with Crippen molar-refractivity contribution in [3.63, 3.8) is 0 Å². The van der Waals surface area contributed by atoms with Gasteiger partial charge in [-0.3, -0.25) is 4.79 Å². The van der Waals surface area contributed by atoms with Gasteiger partial charge in [0.15, 0.2) is 11.2 Å². The Morgan fingerprint density at radius 1 is 1.18 bits per heavy atom. The molecule has 1 saturated heterocycles. The Bertz CT molecular complexity index is 924. The van der Waals surface area contributed by atoms with E-state index in [1.807, 2.05) is 18.2 Å². The predicted molar refractivity (Wildman–Crippen MR) is 106 cm³/mol. The molecule has 0 bridgehead atoms. The Balaban J connectivity index is 1.55. The van der Waals surface area contributed by atoms with E-state index in [0.29, 0.717) is 35.8 Å². The van der Waals surface area contributed by atoms with Crippen LogP contribution in [0.15, 0.2) is 48.5 Å². The standard InChI is InChI=1S/C22H22ClNO4/c1-21(2,27-16-10-8-15(23)9-11-16)20(26)24-13-5-12-22(14-24)18-7-4-3-6-17(18)19(25)28-22/h3-4,6-11H,5,12-14H2,1-2H3. The number of carbonyl (C=O) groups excluding carboxylic acids is 2. The summed E-state index contributed by atoms with van der Waals surface area (Å²) < 4.78 is 11.8. The van der Waals surface area contributed by atoms with Crippen LogP contribution in [0.4, 0.5) is 0 Å². The Morgan fingerprint density at radius 3 is 2.64 bits per heavy atom. The summed E-state index contributed by atoms with van der Waals surface area (Å²) in [6.07, 6.45) is 1.46. The molecule has 4 rings (SSSR count). The van der Waals surface area contributed by atoms with Crippen LogP contribution < -0.4 is 4.74 Å². The van der Waals surface area contributed by atoms with Crippen molar-refractivity contribution in [1.82, 2.24) is 4.90 Å². The van der Waals surface area contributed by atoms with Crippen molar-refractivity contribution in [2.24, 2.45) is 0 Å². The van der Waals surface area contributed by atoms with Gasteiger partial charge >= 0.3 is 5.97 Å². The largest absolute Gasteiger partial charge is 0.478 e. The number of amides is 1. The molecule has 146 valence electrons. The van der Waals surface area contributed by atoms with Gasteiger partial charge in [0.2, 0.25) is 0 Å². The molecule has 1 atom stereocenters. The zero-order chi connectivity index (χ0) is 19.9. The van der Waals surface area contributed by atoms with E-state index < -0.39 is 11.2 Å². The minimum absolute atomic E-state index is 0.137. The fourth-order valence-electron chi connectivity index (χ4n) is 4.07. The number of fused-ring (bicyclic) bond motifs is 2. The fourth-order valence-corrected chi connectivity index (χ4v) is 4.19. The SMILES string of the molecule is CC(C)(Oc1ccc(Cl)cc1)C(=O)N1CCCC2(C1)OC(=O)c1ccccc12. The van der Waals surface area contributed by atoms with Crippen LogP contribution in [0.5, 0.6) is 5.75 Å². The molecule has 1 amide bonds. The summed E-state index contributed by atoms with van der Waals surface area (Å²) in [5, 5.41) is 0.608. The van der Waals surface area contributed by atoms with Gasteiger partial charge in [-0.15, -0.1) is 0 Å². The van der Waals surface area contributed by atoms with Gasteiger partial charge < -0.3 is 14.4 Å². The van der Waals surface area contributed by atoms with E-state index in [-0.39, 0.29) is 11.9 Å². The second-order valence-electron chi connectivity index (χ2n) is 7.83. The second-order valence-corrected chi connectivity index (χ2v) is 8.26. The molecule has 2 aromatic carbocycles. The Morgan fingerprint density at radius 2 is 1.89 bits per heavy atom. The number of likely N-dealkylation sites (tertiary alicyclic amines) is 1.